The van der Waals surface area contributed by atoms with Crippen LogP contribution in [-0.2, 0) is 28.7 Å². The van der Waals surface area contributed by atoms with E-state index in [9.17, 15) is 19.2 Å². The van der Waals surface area contributed by atoms with Crippen molar-refractivity contribution in [3.05, 3.63) is 6.92 Å². The van der Waals surface area contributed by atoms with Crippen LogP contribution < -0.4 is 5.32 Å². The van der Waals surface area contributed by atoms with E-state index >= 15 is 0 Å². The first-order valence-electron chi connectivity index (χ1n) is 6.35. The van der Waals surface area contributed by atoms with E-state index in [1.165, 1.54) is 13.8 Å². The summed E-state index contributed by atoms with van der Waals surface area (Å²) in [5.41, 5.74) is 0. The highest BCUT2D eigenvalue weighted by atomic mass is 16.6. The summed E-state index contributed by atoms with van der Waals surface area (Å²) in [5.74, 6) is -4.91. The standard InChI is InChI=1S/C12H19N2O8/c1-4-21-9(11(17)18)14(8(16)6-13-7(3)15)10(12(19)20)22-5-2/h9-10H,3-6H2,1-2H3,(H,13,15)(H,17,18)(H,19,20). The molecule has 0 spiro atoms. The molecule has 2 atom stereocenters. The fourth-order valence-corrected chi connectivity index (χ4v) is 1.51. The molecule has 0 aromatic rings. The number of carbonyl (C=O) groups is 4. The smallest absolute Gasteiger partial charge is 0.354 e. The van der Waals surface area contributed by atoms with Gasteiger partial charge in [0.25, 0.3) is 0 Å². The Bertz CT molecular complexity index is 401. The van der Waals surface area contributed by atoms with Crippen molar-refractivity contribution in [2.75, 3.05) is 19.8 Å². The fourth-order valence-electron chi connectivity index (χ4n) is 1.51. The van der Waals surface area contributed by atoms with Crippen molar-refractivity contribution in [1.29, 1.82) is 0 Å². The highest BCUT2D eigenvalue weighted by Crippen LogP contribution is 2.11. The van der Waals surface area contributed by atoms with Crippen molar-refractivity contribution in [1.82, 2.24) is 10.2 Å². The Kier molecular flexibility index (Phi) is 8.72. The lowest BCUT2D eigenvalue weighted by molar-refractivity contribution is -0.200. The number of hydrogen-bond acceptors (Lipinski definition) is 6. The van der Waals surface area contributed by atoms with Crippen LogP contribution in [0.4, 0.5) is 0 Å². The maximum absolute atomic E-state index is 12.1. The molecule has 3 N–H and O–H groups in total. The van der Waals surface area contributed by atoms with Gasteiger partial charge in [0.15, 0.2) is 0 Å². The van der Waals surface area contributed by atoms with Gasteiger partial charge in [-0.15, -0.1) is 0 Å². The SMILES string of the molecule is [CH2]C(=O)NCC(=O)N(C(OCC)C(=O)O)C(OCC)C(=O)O. The first kappa shape index (κ1) is 19.8. The van der Waals surface area contributed by atoms with Crippen LogP contribution in [0.1, 0.15) is 13.8 Å². The van der Waals surface area contributed by atoms with Crippen LogP contribution in [-0.4, -0.2) is 71.1 Å². The predicted octanol–water partition coefficient (Wildman–Crippen LogP) is -1.34. The number of nitrogens with one attached hydrogen (secondary N) is 1. The lowest BCUT2D eigenvalue weighted by atomic mass is 10.3. The minimum absolute atomic E-state index is 0.0824. The van der Waals surface area contributed by atoms with E-state index in [0.717, 1.165) is 0 Å². The molecular weight excluding hydrogens is 300 g/mol. The summed E-state index contributed by atoms with van der Waals surface area (Å²) < 4.78 is 9.81. The van der Waals surface area contributed by atoms with Crippen LogP contribution in [0.25, 0.3) is 0 Å². The second kappa shape index (κ2) is 9.68. The van der Waals surface area contributed by atoms with Crippen LogP contribution >= 0.6 is 0 Å². The van der Waals surface area contributed by atoms with Gasteiger partial charge in [-0.2, -0.15) is 0 Å². The molecule has 10 nitrogen and oxygen atoms in total. The van der Waals surface area contributed by atoms with Gasteiger partial charge in [-0.25, -0.2) is 9.59 Å². The minimum Gasteiger partial charge on any atom is -0.478 e. The molecule has 0 saturated carbocycles. The molecule has 0 fully saturated rings. The summed E-state index contributed by atoms with van der Waals surface area (Å²) in [6.07, 6.45) is -3.74. The number of aliphatic carboxylic acids is 2. The number of ether oxygens (including phenoxy) is 2. The molecule has 0 aromatic carbocycles. The third-order valence-electron chi connectivity index (χ3n) is 2.30. The van der Waals surface area contributed by atoms with Crippen molar-refractivity contribution in [3.63, 3.8) is 0 Å². The van der Waals surface area contributed by atoms with E-state index in [1.54, 1.807) is 0 Å². The molecule has 0 heterocycles. The Morgan fingerprint density at radius 3 is 1.73 bits per heavy atom. The van der Waals surface area contributed by atoms with Gasteiger partial charge < -0.3 is 25.0 Å². The number of hydrogen-bond donors (Lipinski definition) is 3. The van der Waals surface area contributed by atoms with Crippen molar-refractivity contribution in [2.45, 2.75) is 26.3 Å². The van der Waals surface area contributed by atoms with E-state index in [2.05, 4.69) is 12.2 Å². The van der Waals surface area contributed by atoms with Gasteiger partial charge in [0.05, 0.1) is 6.54 Å². The quantitative estimate of drug-likeness (QED) is 0.420. The molecule has 2 amide bonds. The zero-order valence-corrected chi connectivity index (χ0v) is 12.3. The topological polar surface area (TPSA) is 142 Å². The molecule has 0 saturated heterocycles. The van der Waals surface area contributed by atoms with Gasteiger partial charge in [-0.05, 0) is 13.8 Å². The molecule has 2 unspecified atom stereocenters. The molecule has 0 aromatic heterocycles. The number of carboxylic acid groups (broad SMARTS) is 2. The Hall–Kier alpha value is -2.20. The minimum atomic E-state index is -1.87. The van der Waals surface area contributed by atoms with Crippen LogP contribution in [0.5, 0.6) is 0 Å². The summed E-state index contributed by atoms with van der Waals surface area (Å²) in [7, 11) is 0. The summed E-state index contributed by atoms with van der Waals surface area (Å²) in [5, 5.41) is 20.3. The van der Waals surface area contributed by atoms with E-state index < -0.39 is 42.8 Å². The molecule has 0 aliphatic carbocycles. The Morgan fingerprint density at radius 2 is 1.45 bits per heavy atom. The van der Waals surface area contributed by atoms with Gasteiger partial charge in [0.1, 0.15) is 0 Å². The lowest BCUT2D eigenvalue weighted by Gasteiger charge is -2.32. The summed E-state index contributed by atoms with van der Waals surface area (Å²) in [4.78, 5) is 45.7. The Balaban J connectivity index is 5.50. The normalized spacial score (nSPS) is 13.0. The monoisotopic (exact) mass is 319 g/mol. The van der Waals surface area contributed by atoms with Crippen molar-refractivity contribution in [2.24, 2.45) is 0 Å². The van der Waals surface area contributed by atoms with Gasteiger partial charge in [0.2, 0.25) is 24.3 Å². The lowest BCUT2D eigenvalue weighted by Crippen LogP contribution is -2.58. The molecule has 0 rings (SSSR count). The van der Waals surface area contributed by atoms with Crippen molar-refractivity contribution in [3.8, 4) is 0 Å². The van der Waals surface area contributed by atoms with E-state index in [0.29, 0.717) is 4.90 Å². The number of carboxylic acids is 2. The molecule has 0 aliphatic rings. The molecule has 0 bridgehead atoms. The third-order valence-corrected chi connectivity index (χ3v) is 2.30. The average molecular weight is 319 g/mol. The Morgan fingerprint density at radius 1 is 1.05 bits per heavy atom. The first-order valence-corrected chi connectivity index (χ1v) is 6.35. The van der Waals surface area contributed by atoms with Crippen LogP contribution in [0.3, 0.4) is 0 Å². The largest absolute Gasteiger partial charge is 0.478 e. The fraction of sp³-hybridized carbons (Fsp3) is 0.583. The molecular formula is C12H19N2O8. The molecule has 22 heavy (non-hydrogen) atoms. The van der Waals surface area contributed by atoms with Crippen molar-refractivity contribution >= 4 is 23.8 Å². The zero-order chi connectivity index (χ0) is 17.3. The second-order valence-corrected chi connectivity index (χ2v) is 3.87. The van der Waals surface area contributed by atoms with Gasteiger partial charge in [0, 0.05) is 20.1 Å². The maximum atomic E-state index is 12.1. The molecule has 0 aliphatic heterocycles. The molecule has 10 heteroatoms. The van der Waals surface area contributed by atoms with E-state index in [-0.39, 0.29) is 13.2 Å². The van der Waals surface area contributed by atoms with Crippen LogP contribution in [0.15, 0.2) is 0 Å². The number of nitrogens with zero attached hydrogens (tertiary/aromatic N) is 1. The highest BCUT2D eigenvalue weighted by Gasteiger charge is 2.40. The van der Waals surface area contributed by atoms with Gasteiger partial charge in [-0.1, -0.05) is 0 Å². The van der Waals surface area contributed by atoms with E-state index in [1.807, 2.05) is 0 Å². The van der Waals surface area contributed by atoms with E-state index in [4.69, 9.17) is 19.7 Å². The zero-order valence-electron chi connectivity index (χ0n) is 12.3. The first-order chi connectivity index (χ1) is 10.3. The average Bonchev–Trinajstić information content (AvgIpc) is 2.42. The number of rotatable bonds is 10. The third kappa shape index (κ3) is 6.06. The predicted molar refractivity (Wildman–Crippen MR) is 71.3 cm³/mol. The van der Waals surface area contributed by atoms with Gasteiger partial charge in [-0.3, -0.25) is 14.5 Å². The Labute approximate surface area is 127 Å². The van der Waals surface area contributed by atoms with Gasteiger partial charge >= 0.3 is 11.9 Å². The summed E-state index contributed by atoms with van der Waals surface area (Å²) in [6.45, 7) is 5.14. The molecule has 125 valence electrons. The van der Waals surface area contributed by atoms with Crippen molar-refractivity contribution < 1.29 is 38.9 Å². The molecule has 1 radical (unpaired) electrons. The summed E-state index contributed by atoms with van der Waals surface area (Å²) >= 11 is 0. The number of carbonyl (C=O) groups excluding carboxylic acids is 2. The van der Waals surface area contributed by atoms with Crippen LogP contribution in [0.2, 0.25) is 0 Å². The highest BCUT2D eigenvalue weighted by molar-refractivity contribution is 5.91. The van der Waals surface area contributed by atoms with Crippen LogP contribution in [0, 0.1) is 6.92 Å². The maximum Gasteiger partial charge on any atom is 0.354 e. The second-order valence-electron chi connectivity index (χ2n) is 3.87. The summed E-state index contributed by atoms with van der Waals surface area (Å²) in [6, 6.07) is 0. The number of amides is 2.